The molecule has 2 rings (SSSR count). The second-order valence-corrected chi connectivity index (χ2v) is 5.72. The Hall–Kier alpha value is -0.860. The van der Waals surface area contributed by atoms with E-state index in [1.165, 1.54) is 11.1 Å². The summed E-state index contributed by atoms with van der Waals surface area (Å²) >= 11 is 0. The van der Waals surface area contributed by atoms with Gasteiger partial charge in [0.05, 0.1) is 0 Å². The minimum absolute atomic E-state index is 0.622. The molecule has 0 bridgehead atoms. The van der Waals surface area contributed by atoms with E-state index in [0.29, 0.717) is 12.5 Å². The van der Waals surface area contributed by atoms with Gasteiger partial charge in [-0.2, -0.15) is 0 Å². The van der Waals surface area contributed by atoms with Crippen LogP contribution in [0, 0.1) is 12.8 Å². The summed E-state index contributed by atoms with van der Waals surface area (Å²) in [6, 6.07) is 6.43. The van der Waals surface area contributed by atoms with Gasteiger partial charge in [-0.15, -0.1) is 0 Å². The van der Waals surface area contributed by atoms with Crippen LogP contribution in [0.5, 0.6) is 0 Å². The molecule has 1 aliphatic carbocycles. The van der Waals surface area contributed by atoms with Crippen LogP contribution in [0.1, 0.15) is 37.0 Å². The standard InChI is InChI=1S/C15H23NO/c1-11(2)9-16-10-15(17)7-6-13-5-4-12(3)8-14(13)15/h4-5,8,11,16-17H,6-7,9-10H2,1-3H3. The predicted molar refractivity (Wildman–Crippen MR) is 71.1 cm³/mol. The number of aliphatic hydroxyl groups is 1. The highest BCUT2D eigenvalue weighted by Gasteiger charge is 2.36. The minimum atomic E-state index is -0.657. The van der Waals surface area contributed by atoms with Gasteiger partial charge in [0.15, 0.2) is 0 Å². The highest BCUT2D eigenvalue weighted by Crippen LogP contribution is 2.36. The lowest BCUT2D eigenvalue weighted by Gasteiger charge is -2.25. The van der Waals surface area contributed by atoms with Gasteiger partial charge in [-0.3, -0.25) is 0 Å². The molecule has 2 nitrogen and oxygen atoms in total. The minimum Gasteiger partial charge on any atom is -0.384 e. The summed E-state index contributed by atoms with van der Waals surface area (Å²) in [6.07, 6.45) is 1.84. The first-order chi connectivity index (χ1) is 8.01. The van der Waals surface area contributed by atoms with Gasteiger partial charge in [-0.1, -0.05) is 37.6 Å². The molecule has 1 unspecified atom stereocenters. The third kappa shape index (κ3) is 2.70. The summed E-state index contributed by atoms with van der Waals surface area (Å²) in [4.78, 5) is 0. The zero-order valence-corrected chi connectivity index (χ0v) is 11.1. The molecular weight excluding hydrogens is 210 g/mol. The van der Waals surface area contributed by atoms with Gasteiger partial charge in [-0.05, 0) is 43.4 Å². The summed E-state index contributed by atoms with van der Waals surface area (Å²) < 4.78 is 0. The van der Waals surface area contributed by atoms with E-state index in [1.807, 2.05) is 0 Å². The summed E-state index contributed by atoms with van der Waals surface area (Å²) in [6.45, 7) is 8.08. The fraction of sp³-hybridized carbons (Fsp3) is 0.600. The predicted octanol–water partition coefficient (Wildman–Crippen LogP) is 2.37. The fourth-order valence-corrected chi connectivity index (χ4v) is 2.57. The van der Waals surface area contributed by atoms with Crippen molar-refractivity contribution < 1.29 is 5.11 Å². The van der Waals surface area contributed by atoms with Crippen LogP contribution in [-0.2, 0) is 12.0 Å². The van der Waals surface area contributed by atoms with E-state index >= 15 is 0 Å². The van der Waals surface area contributed by atoms with Crippen molar-refractivity contribution in [2.24, 2.45) is 5.92 Å². The van der Waals surface area contributed by atoms with Crippen LogP contribution in [-0.4, -0.2) is 18.2 Å². The maximum atomic E-state index is 10.7. The molecule has 0 amide bonds. The van der Waals surface area contributed by atoms with Crippen molar-refractivity contribution in [1.82, 2.24) is 5.32 Å². The molecule has 1 atom stereocenters. The zero-order chi connectivity index (χ0) is 12.5. The smallest absolute Gasteiger partial charge is 0.103 e. The van der Waals surface area contributed by atoms with Crippen molar-refractivity contribution >= 4 is 0 Å². The van der Waals surface area contributed by atoms with E-state index in [4.69, 9.17) is 0 Å². The van der Waals surface area contributed by atoms with Crippen LogP contribution < -0.4 is 5.32 Å². The van der Waals surface area contributed by atoms with Gasteiger partial charge >= 0.3 is 0 Å². The molecular formula is C15H23NO. The largest absolute Gasteiger partial charge is 0.384 e. The Balaban J connectivity index is 2.10. The van der Waals surface area contributed by atoms with Gasteiger partial charge < -0.3 is 10.4 Å². The Labute approximate surface area is 104 Å². The first-order valence-corrected chi connectivity index (χ1v) is 6.54. The lowest BCUT2D eigenvalue weighted by molar-refractivity contribution is 0.0382. The van der Waals surface area contributed by atoms with Crippen molar-refractivity contribution in [3.8, 4) is 0 Å². The SMILES string of the molecule is Cc1ccc2c(c1)C(O)(CNCC(C)C)CC2. The fourth-order valence-electron chi connectivity index (χ4n) is 2.57. The third-order valence-electron chi connectivity index (χ3n) is 3.54. The number of rotatable bonds is 4. The number of hydrogen-bond donors (Lipinski definition) is 2. The van der Waals surface area contributed by atoms with Crippen LogP contribution in [0.15, 0.2) is 18.2 Å². The highest BCUT2D eigenvalue weighted by molar-refractivity contribution is 5.40. The number of nitrogens with one attached hydrogen (secondary N) is 1. The molecule has 0 aromatic heterocycles. The maximum absolute atomic E-state index is 10.7. The van der Waals surface area contributed by atoms with Crippen molar-refractivity contribution in [2.45, 2.75) is 39.2 Å². The average Bonchev–Trinajstić information content (AvgIpc) is 2.56. The lowest BCUT2D eigenvalue weighted by Crippen LogP contribution is -2.37. The molecule has 1 aromatic carbocycles. The summed E-state index contributed by atoms with van der Waals surface area (Å²) in [7, 11) is 0. The molecule has 0 spiro atoms. The van der Waals surface area contributed by atoms with Crippen molar-refractivity contribution in [3.05, 3.63) is 34.9 Å². The number of fused-ring (bicyclic) bond motifs is 1. The van der Waals surface area contributed by atoms with Crippen LogP contribution in [0.4, 0.5) is 0 Å². The molecule has 0 fully saturated rings. The summed E-state index contributed by atoms with van der Waals surface area (Å²) in [5.41, 5.74) is 3.02. The molecule has 1 aliphatic rings. The second-order valence-electron chi connectivity index (χ2n) is 5.72. The Kier molecular flexibility index (Phi) is 3.55. The van der Waals surface area contributed by atoms with Gasteiger partial charge in [0.1, 0.15) is 5.60 Å². The Bertz CT molecular complexity index is 400. The van der Waals surface area contributed by atoms with Gasteiger partial charge in [0.2, 0.25) is 0 Å². The molecule has 0 saturated carbocycles. The van der Waals surface area contributed by atoms with Crippen LogP contribution in [0.25, 0.3) is 0 Å². The Morgan fingerprint density at radius 3 is 2.88 bits per heavy atom. The van der Waals surface area contributed by atoms with Crippen LogP contribution in [0.3, 0.4) is 0 Å². The number of benzene rings is 1. The quantitative estimate of drug-likeness (QED) is 0.837. The molecule has 0 heterocycles. The van der Waals surface area contributed by atoms with Gasteiger partial charge in [-0.25, -0.2) is 0 Å². The van der Waals surface area contributed by atoms with E-state index in [-0.39, 0.29) is 0 Å². The molecule has 17 heavy (non-hydrogen) atoms. The summed E-state index contributed by atoms with van der Waals surface area (Å²) in [5, 5.41) is 14.1. The van der Waals surface area contributed by atoms with Crippen LogP contribution >= 0.6 is 0 Å². The van der Waals surface area contributed by atoms with Crippen molar-refractivity contribution in [2.75, 3.05) is 13.1 Å². The first-order valence-electron chi connectivity index (χ1n) is 6.54. The molecule has 0 saturated heterocycles. The van der Waals surface area contributed by atoms with E-state index < -0.39 is 5.60 Å². The molecule has 2 N–H and O–H groups in total. The van der Waals surface area contributed by atoms with E-state index in [1.54, 1.807) is 0 Å². The van der Waals surface area contributed by atoms with Crippen molar-refractivity contribution in [1.29, 1.82) is 0 Å². The number of hydrogen-bond acceptors (Lipinski definition) is 2. The normalized spacial score (nSPS) is 23.1. The average molecular weight is 233 g/mol. The topological polar surface area (TPSA) is 32.3 Å². The van der Waals surface area contributed by atoms with Gasteiger partial charge in [0.25, 0.3) is 0 Å². The van der Waals surface area contributed by atoms with Crippen molar-refractivity contribution in [3.63, 3.8) is 0 Å². The lowest BCUT2D eigenvalue weighted by atomic mass is 9.94. The van der Waals surface area contributed by atoms with E-state index in [2.05, 4.69) is 44.3 Å². The maximum Gasteiger partial charge on any atom is 0.103 e. The van der Waals surface area contributed by atoms with Crippen LogP contribution in [0.2, 0.25) is 0 Å². The Morgan fingerprint density at radius 1 is 1.41 bits per heavy atom. The molecule has 0 radical (unpaired) electrons. The zero-order valence-electron chi connectivity index (χ0n) is 11.1. The molecule has 94 valence electrons. The molecule has 1 aromatic rings. The molecule has 0 aliphatic heterocycles. The molecule has 2 heteroatoms. The van der Waals surface area contributed by atoms with Gasteiger partial charge in [0, 0.05) is 6.54 Å². The van der Waals surface area contributed by atoms with E-state index in [0.717, 1.165) is 24.9 Å². The monoisotopic (exact) mass is 233 g/mol. The third-order valence-corrected chi connectivity index (χ3v) is 3.54. The highest BCUT2D eigenvalue weighted by atomic mass is 16.3. The summed E-state index contributed by atoms with van der Waals surface area (Å²) in [5.74, 6) is 0.622. The first kappa shape index (κ1) is 12.6. The second kappa shape index (κ2) is 4.79. The Morgan fingerprint density at radius 2 is 2.18 bits per heavy atom. The number of aryl methyl sites for hydroxylation is 2. The van der Waals surface area contributed by atoms with E-state index in [9.17, 15) is 5.11 Å².